The second-order valence-corrected chi connectivity index (χ2v) is 8.68. The van der Waals surface area contributed by atoms with E-state index in [-0.39, 0.29) is 19.8 Å². The number of rotatable bonds is 10. The smallest absolute Gasteiger partial charge is 0.192 e. The van der Waals surface area contributed by atoms with Crippen molar-refractivity contribution in [3.8, 4) is 0 Å². The highest BCUT2D eigenvalue weighted by molar-refractivity contribution is 5.15. The minimum absolute atomic E-state index is 0.100. The molecular weight excluding hydrogens is 432 g/mol. The van der Waals surface area contributed by atoms with Crippen molar-refractivity contribution in [2.75, 3.05) is 6.61 Å². The van der Waals surface area contributed by atoms with Crippen LogP contribution >= 0.6 is 0 Å². The maximum absolute atomic E-state index is 11.2. The minimum Gasteiger partial charge on any atom is -0.387 e. The Bertz CT molecular complexity index is 980. The third kappa shape index (κ3) is 6.51. The minimum atomic E-state index is -1.68. The summed E-state index contributed by atoms with van der Waals surface area (Å²) < 4.78 is 23.9. The van der Waals surface area contributed by atoms with Crippen LogP contribution in [0.2, 0.25) is 0 Å². The van der Waals surface area contributed by atoms with E-state index in [9.17, 15) is 10.2 Å². The lowest BCUT2D eigenvalue weighted by atomic mass is 9.93. The van der Waals surface area contributed by atoms with E-state index in [4.69, 9.17) is 18.9 Å². The number of ether oxygens (including phenoxy) is 4. The van der Waals surface area contributed by atoms with Gasteiger partial charge >= 0.3 is 0 Å². The Hall–Kier alpha value is -2.58. The van der Waals surface area contributed by atoms with Crippen molar-refractivity contribution in [3.05, 3.63) is 108 Å². The van der Waals surface area contributed by atoms with Crippen LogP contribution in [0.4, 0.5) is 0 Å². The van der Waals surface area contributed by atoms with Gasteiger partial charge in [0.1, 0.15) is 24.4 Å². The van der Waals surface area contributed by atoms with E-state index in [1.807, 2.05) is 91.0 Å². The lowest BCUT2D eigenvalue weighted by Gasteiger charge is -2.47. The van der Waals surface area contributed by atoms with Crippen molar-refractivity contribution in [2.45, 2.75) is 56.9 Å². The molecule has 6 heteroatoms. The lowest BCUT2D eigenvalue weighted by molar-refractivity contribution is -0.358. The molecule has 5 atom stereocenters. The van der Waals surface area contributed by atoms with E-state index in [0.717, 1.165) is 16.7 Å². The van der Waals surface area contributed by atoms with Gasteiger partial charge in [-0.05, 0) is 23.6 Å². The highest BCUT2D eigenvalue weighted by Gasteiger charge is 2.52. The molecule has 0 spiro atoms. The molecule has 1 heterocycles. The standard InChI is InChI=1S/C28H32O6/c1-28(30)27(33-19-23-15-9-4-10-16-23)26(32-18-22-13-7-3-8-14-22)25(29)24(34-28)20-31-17-21-11-5-2-6-12-21/h2-16,24-27,29-30H,17-20H2,1H3/t24-,25-,26+,27-,28?/m1/s1. The highest BCUT2D eigenvalue weighted by Crippen LogP contribution is 2.33. The maximum atomic E-state index is 11.2. The van der Waals surface area contributed by atoms with Crippen LogP contribution in [0.5, 0.6) is 0 Å². The Kier molecular flexibility index (Phi) is 8.45. The third-order valence-electron chi connectivity index (χ3n) is 5.89. The molecule has 1 unspecified atom stereocenters. The Labute approximate surface area is 200 Å². The van der Waals surface area contributed by atoms with Crippen LogP contribution < -0.4 is 0 Å². The van der Waals surface area contributed by atoms with Gasteiger partial charge in [-0.15, -0.1) is 0 Å². The van der Waals surface area contributed by atoms with E-state index >= 15 is 0 Å². The predicted molar refractivity (Wildman–Crippen MR) is 128 cm³/mol. The van der Waals surface area contributed by atoms with Crippen LogP contribution in [0.3, 0.4) is 0 Å². The second kappa shape index (κ2) is 11.7. The first-order valence-electron chi connectivity index (χ1n) is 11.5. The molecule has 2 N–H and O–H groups in total. The van der Waals surface area contributed by atoms with E-state index in [1.54, 1.807) is 0 Å². The Morgan fingerprint density at radius 2 is 1.21 bits per heavy atom. The number of benzene rings is 3. The fourth-order valence-corrected chi connectivity index (χ4v) is 4.10. The van der Waals surface area contributed by atoms with Crippen molar-refractivity contribution >= 4 is 0 Å². The van der Waals surface area contributed by atoms with Crippen molar-refractivity contribution < 1.29 is 29.2 Å². The first-order valence-corrected chi connectivity index (χ1v) is 11.5. The molecule has 0 aromatic heterocycles. The van der Waals surface area contributed by atoms with Crippen molar-refractivity contribution in [3.63, 3.8) is 0 Å². The molecular formula is C28H32O6. The number of aliphatic hydroxyl groups excluding tert-OH is 1. The molecule has 0 aliphatic carbocycles. The summed E-state index contributed by atoms with van der Waals surface area (Å²) in [6, 6.07) is 29.1. The van der Waals surface area contributed by atoms with Crippen molar-refractivity contribution in [2.24, 2.45) is 0 Å². The van der Waals surface area contributed by atoms with E-state index in [2.05, 4.69) is 0 Å². The van der Waals surface area contributed by atoms with E-state index in [1.165, 1.54) is 6.92 Å². The summed E-state index contributed by atoms with van der Waals surface area (Å²) >= 11 is 0. The maximum Gasteiger partial charge on any atom is 0.192 e. The first kappa shape index (κ1) is 24.5. The van der Waals surface area contributed by atoms with Crippen molar-refractivity contribution in [1.82, 2.24) is 0 Å². The van der Waals surface area contributed by atoms with Gasteiger partial charge in [0.2, 0.25) is 0 Å². The average molecular weight is 465 g/mol. The molecule has 4 rings (SSSR count). The van der Waals surface area contributed by atoms with Gasteiger partial charge in [0.25, 0.3) is 0 Å². The Morgan fingerprint density at radius 1 is 0.735 bits per heavy atom. The topological polar surface area (TPSA) is 77.4 Å². The van der Waals surface area contributed by atoms with Crippen LogP contribution in [0.1, 0.15) is 23.6 Å². The molecule has 0 amide bonds. The molecule has 3 aromatic carbocycles. The summed E-state index contributed by atoms with van der Waals surface area (Å²) in [5.74, 6) is -1.68. The molecule has 1 fully saturated rings. The van der Waals surface area contributed by atoms with Gasteiger partial charge in [-0.2, -0.15) is 0 Å². The van der Waals surface area contributed by atoms with Crippen LogP contribution in [0, 0.1) is 0 Å². The van der Waals surface area contributed by atoms with Crippen LogP contribution in [-0.2, 0) is 38.8 Å². The molecule has 180 valence electrons. The molecule has 0 radical (unpaired) electrons. The number of hydrogen-bond acceptors (Lipinski definition) is 6. The van der Waals surface area contributed by atoms with Gasteiger partial charge < -0.3 is 29.2 Å². The summed E-state index contributed by atoms with van der Waals surface area (Å²) in [7, 11) is 0. The highest BCUT2D eigenvalue weighted by atomic mass is 16.7. The summed E-state index contributed by atoms with van der Waals surface area (Å²) in [6.07, 6.45) is -3.56. The summed E-state index contributed by atoms with van der Waals surface area (Å²) in [4.78, 5) is 0. The second-order valence-electron chi connectivity index (χ2n) is 8.68. The fraction of sp³-hybridized carbons (Fsp3) is 0.357. The van der Waals surface area contributed by atoms with Gasteiger partial charge in [-0.3, -0.25) is 0 Å². The monoisotopic (exact) mass is 464 g/mol. The fourth-order valence-electron chi connectivity index (χ4n) is 4.10. The summed E-state index contributed by atoms with van der Waals surface area (Å²) in [5.41, 5.74) is 2.92. The average Bonchev–Trinajstić information content (AvgIpc) is 2.86. The summed E-state index contributed by atoms with van der Waals surface area (Å²) in [5, 5.41) is 22.4. The molecule has 3 aromatic rings. The van der Waals surface area contributed by atoms with Crippen LogP contribution in [-0.4, -0.2) is 47.0 Å². The predicted octanol–water partition coefficient (Wildman–Crippen LogP) is 3.84. The molecule has 1 saturated heterocycles. The van der Waals surface area contributed by atoms with Crippen molar-refractivity contribution in [1.29, 1.82) is 0 Å². The molecule has 0 saturated carbocycles. The first-order chi connectivity index (χ1) is 16.5. The van der Waals surface area contributed by atoms with Gasteiger partial charge in [-0.25, -0.2) is 0 Å². The van der Waals surface area contributed by atoms with E-state index < -0.39 is 30.2 Å². The zero-order chi connectivity index (χ0) is 23.8. The van der Waals surface area contributed by atoms with Crippen LogP contribution in [0.25, 0.3) is 0 Å². The SMILES string of the molecule is CC1(O)O[C@H](COCc2ccccc2)[C@@H](O)[C@H](OCc2ccccc2)[C@H]1OCc1ccccc1. The van der Waals surface area contributed by atoms with Gasteiger partial charge in [0, 0.05) is 0 Å². The molecule has 34 heavy (non-hydrogen) atoms. The zero-order valence-corrected chi connectivity index (χ0v) is 19.3. The zero-order valence-electron chi connectivity index (χ0n) is 19.3. The number of hydrogen-bond donors (Lipinski definition) is 2. The van der Waals surface area contributed by atoms with Gasteiger partial charge in [0.05, 0.1) is 26.4 Å². The molecule has 0 bridgehead atoms. The van der Waals surface area contributed by atoms with Gasteiger partial charge in [-0.1, -0.05) is 91.0 Å². The Balaban J connectivity index is 1.46. The van der Waals surface area contributed by atoms with Gasteiger partial charge in [0.15, 0.2) is 5.79 Å². The molecule has 1 aliphatic heterocycles. The third-order valence-corrected chi connectivity index (χ3v) is 5.89. The largest absolute Gasteiger partial charge is 0.387 e. The van der Waals surface area contributed by atoms with E-state index in [0.29, 0.717) is 6.61 Å². The molecule has 1 aliphatic rings. The summed E-state index contributed by atoms with van der Waals surface area (Å²) in [6.45, 7) is 2.53. The Morgan fingerprint density at radius 3 is 1.74 bits per heavy atom. The quantitative estimate of drug-likeness (QED) is 0.475. The normalized spacial score (nSPS) is 26.9. The van der Waals surface area contributed by atoms with Crippen LogP contribution in [0.15, 0.2) is 91.0 Å². The lowest BCUT2D eigenvalue weighted by Crippen LogP contribution is -2.65. The number of aliphatic hydroxyl groups is 2. The molecule has 6 nitrogen and oxygen atoms in total.